The highest BCUT2D eigenvalue weighted by atomic mass is 35.5. The molecule has 0 spiro atoms. The fraction of sp³-hybridized carbons (Fsp3) is 0.0800. The third-order valence-corrected chi connectivity index (χ3v) is 5.73. The minimum atomic E-state index is -2.41. The number of non-ortho nitro benzene ring substituents is 1. The molecule has 3 aromatic rings. The quantitative estimate of drug-likeness (QED) is 0.189. The molecule has 15 heteroatoms. The second kappa shape index (κ2) is 13.2. The van der Waals surface area contributed by atoms with Gasteiger partial charge in [0.05, 0.1) is 26.1 Å². The standard InChI is InChI=1S/C25H17Cl2N3O10/c26-17-7-3-1-5-15(17)24(35)39-19(20(23(33)34)40-25(36)16-6-2-4-8-18(16)27)22(32)29-28-21(31)13-9-11-14(12-10-13)30(37)38/h1-12,19-20H,(H,28,31)(H,29,32)(H,33,34)/t19-,20+/m0/s1. The van der Waals surface area contributed by atoms with Crippen LogP contribution < -0.4 is 10.9 Å². The number of esters is 2. The van der Waals surface area contributed by atoms with Gasteiger partial charge in [0.2, 0.25) is 12.2 Å². The number of carbonyl (C=O) groups excluding carboxylic acids is 4. The van der Waals surface area contributed by atoms with E-state index in [4.69, 9.17) is 32.7 Å². The number of benzene rings is 3. The maximum atomic E-state index is 13.0. The van der Waals surface area contributed by atoms with E-state index in [1.807, 2.05) is 10.9 Å². The molecular weight excluding hydrogens is 573 g/mol. The van der Waals surface area contributed by atoms with Crippen molar-refractivity contribution < 1.29 is 43.5 Å². The number of carbonyl (C=O) groups is 5. The fourth-order valence-corrected chi connectivity index (χ4v) is 3.53. The van der Waals surface area contributed by atoms with E-state index in [1.54, 1.807) is 0 Å². The van der Waals surface area contributed by atoms with Gasteiger partial charge >= 0.3 is 17.9 Å². The molecule has 0 aliphatic carbocycles. The molecule has 0 aliphatic rings. The summed E-state index contributed by atoms with van der Waals surface area (Å²) in [7, 11) is 0. The number of hydrogen-bond donors (Lipinski definition) is 3. The van der Waals surface area contributed by atoms with E-state index in [0.29, 0.717) is 0 Å². The Morgan fingerprint density at radius 2 is 1.23 bits per heavy atom. The molecule has 0 unspecified atom stereocenters. The summed E-state index contributed by atoms with van der Waals surface area (Å²) in [5.41, 5.74) is 2.96. The number of ether oxygens (including phenoxy) is 2. The van der Waals surface area contributed by atoms with Gasteiger partial charge < -0.3 is 14.6 Å². The zero-order chi connectivity index (χ0) is 29.4. The van der Waals surface area contributed by atoms with Gasteiger partial charge in [-0.3, -0.25) is 30.6 Å². The molecular formula is C25H17Cl2N3O10. The van der Waals surface area contributed by atoms with Crippen LogP contribution in [-0.2, 0) is 19.1 Å². The monoisotopic (exact) mass is 589 g/mol. The Labute approximate surface area is 234 Å². The van der Waals surface area contributed by atoms with Crippen LogP contribution in [0.2, 0.25) is 10.0 Å². The minimum Gasteiger partial charge on any atom is -0.478 e. The molecule has 0 saturated carbocycles. The number of nitrogens with zero attached hydrogens (tertiary/aromatic N) is 1. The summed E-state index contributed by atoms with van der Waals surface area (Å²) >= 11 is 12.0. The number of aliphatic carboxylic acids is 1. The van der Waals surface area contributed by atoms with Gasteiger partial charge in [0.15, 0.2) is 0 Å². The van der Waals surface area contributed by atoms with E-state index in [1.165, 1.54) is 48.5 Å². The number of nitrogens with one attached hydrogen (secondary N) is 2. The van der Waals surface area contributed by atoms with E-state index >= 15 is 0 Å². The highest BCUT2D eigenvalue weighted by molar-refractivity contribution is 6.34. The SMILES string of the molecule is O=C(NNC(=O)[C@@H](OC(=O)c1ccccc1Cl)[C@@H](OC(=O)c1ccccc1Cl)C(=O)O)c1ccc([N+](=O)[O-])cc1. The number of amides is 2. The second-order valence-corrected chi connectivity index (χ2v) is 8.51. The lowest BCUT2D eigenvalue weighted by Crippen LogP contribution is -2.54. The summed E-state index contributed by atoms with van der Waals surface area (Å²) in [6, 6.07) is 15.3. The molecule has 0 fully saturated rings. The van der Waals surface area contributed by atoms with Gasteiger partial charge in [-0.1, -0.05) is 47.5 Å². The molecule has 0 aromatic heterocycles. The van der Waals surface area contributed by atoms with Crippen molar-refractivity contribution in [1.29, 1.82) is 0 Å². The summed E-state index contributed by atoms with van der Waals surface area (Å²) in [4.78, 5) is 73.0. The van der Waals surface area contributed by atoms with Crippen LogP contribution in [0.3, 0.4) is 0 Å². The zero-order valence-corrected chi connectivity index (χ0v) is 21.4. The zero-order valence-electron chi connectivity index (χ0n) is 19.9. The Kier molecular flexibility index (Phi) is 9.73. The third-order valence-electron chi connectivity index (χ3n) is 5.07. The van der Waals surface area contributed by atoms with Crippen LogP contribution in [0.15, 0.2) is 72.8 Å². The third kappa shape index (κ3) is 7.30. The lowest BCUT2D eigenvalue weighted by molar-refractivity contribution is -0.384. The molecule has 3 rings (SSSR count). The molecule has 2 atom stereocenters. The van der Waals surface area contributed by atoms with Crippen molar-refractivity contribution in [2.24, 2.45) is 0 Å². The van der Waals surface area contributed by atoms with Gasteiger partial charge in [-0.05, 0) is 36.4 Å². The molecule has 13 nitrogen and oxygen atoms in total. The van der Waals surface area contributed by atoms with Crippen LogP contribution in [-0.4, -0.2) is 52.0 Å². The van der Waals surface area contributed by atoms with Gasteiger partial charge in [-0.15, -0.1) is 0 Å². The Bertz CT molecular complexity index is 1480. The highest BCUT2D eigenvalue weighted by Crippen LogP contribution is 2.21. The van der Waals surface area contributed by atoms with Crippen molar-refractivity contribution in [3.05, 3.63) is 110 Å². The predicted octanol–water partition coefficient (Wildman–Crippen LogP) is 3.20. The largest absolute Gasteiger partial charge is 0.478 e. The summed E-state index contributed by atoms with van der Waals surface area (Å²) in [6.07, 6.45) is -4.75. The molecule has 0 aliphatic heterocycles. The van der Waals surface area contributed by atoms with Gasteiger partial charge in [-0.25, -0.2) is 14.4 Å². The Balaban J connectivity index is 1.86. The summed E-state index contributed by atoms with van der Waals surface area (Å²) < 4.78 is 10.1. The van der Waals surface area contributed by atoms with Crippen LogP contribution in [0, 0.1) is 10.1 Å². The number of hydrazine groups is 1. The summed E-state index contributed by atoms with van der Waals surface area (Å²) in [5.74, 6) is -6.74. The minimum absolute atomic E-state index is 0.0823. The molecule has 0 radical (unpaired) electrons. The van der Waals surface area contributed by atoms with E-state index in [-0.39, 0.29) is 32.4 Å². The summed E-state index contributed by atoms with van der Waals surface area (Å²) in [6.45, 7) is 0. The average molecular weight is 590 g/mol. The van der Waals surface area contributed by atoms with Crippen LogP contribution in [0.5, 0.6) is 0 Å². The lowest BCUT2D eigenvalue weighted by atomic mass is 10.1. The molecule has 206 valence electrons. The molecule has 3 aromatic carbocycles. The van der Waals surface area contributed by atoms with Crippen molar-refractivity contribution in [1.82, 2.24) is 10.9 Å². The van der Waals surface area contributed by atoms with Crippen molar-refractivity contribution in [3.63, 3.8) is 0 Å². The second-order valence-electron chi connectivity index (χ2n) is 7.70. The van der Waals surface area contributed by atoms with E-state index < -0.39 is 46.9 Å². The Morgan fingerprint density at radius 1 is 0.750 bits per heavy atom. The molecule has 0 saturated heterocycles. The predicted molar refractivity (Wildman–Crippen MR) is 138 cm³/mol. The number of rotatable bonds is 9. The fourth-order valence-electron chi connectivity index (χ4n) is 3.10. The number of carboxylic acids is 1. The average Bonchev–Trinajstić information content (AvgIpc) is 2.93. The Hall–Kier alpha value is -5.01. The Morgan fingerprint density at radius 3 is 1.68 bits per heavy atom. The van der Waals surface area contributed by atoms with E-state index in [0.717, 1.165) is 24.3 Å². The molecule has 3 N–H and O–H groups in total. The smallest absolute Gasteiger partial charge is 0.349 e. The van der Waals surface area contributed by atoms with E-state index in [2.05, 4.69) is 0 Å². The van der Waals surface area contributed by atoms with Crippen LogP contribution in [0.4, 0.5) is 5.69 Å². The molecule has 2 amide bonds. The van der Waals surface area contributed by atoms with Gasteiger partial charge in [0.25, 0.3) is 17.5 Å². The van der Waals surface area contributed by atoms with Crippen molar-refractivity contribution in [2.75, 3.05) is 0 Å². The molecule has 0 heterocycles. The van der Waals surface area contributed by atoms with Gasteiger partial charge in [-0.2, -0.15) is 0 Å². The van der Waals surface area contributed by atoms with Gasteiger partial charge in [0, 0.05) is 17.7 Å². The number of carboxylic acid groups (broad SMARTS) is 1. The van der Waals surface area contributed by atoms with E-state index in [9.17, 15) is 39.2 Å². The van der Waals surface area contributed by atoms with Crippen molar-refractivity contribution in [3.8, 4) is 0 Å². The van der Waals surface area contributed by atoms with Gasteiger partial charge in [0.1, 0.15) is 0 Å². The molecule has 40 heavy (non-hydrogen) atoms. The normalized spacial score (nSPS) is 11.8. The lowest BCUT2D eigenvalue weighted by Gasteiger charge is -2.24. The molecule has 0 bridgehead atoms. The highest BCUT2D eigenvalue weighted by Gasteiger charge is 2.41. The maximum Gasteiger partial charge on any atom is 0.349 e. The first kappa shape index (κ1) is 29.5. The maximum absolute atomic E-state index is 13.0. The first-order chi connectivity index (χ1) is 19.0. The summed E-state index contributed by atoms with van der Waals surface area (Å²) in [5, 5.41) is 20.4. The van der Waals surface area contributed by atoms with Crippen molar-refractivity contribution >= 4 is 58.6 Å². The topological polar surface area (TPSA) is 191 Å². The first-order valence-corrected chi connectivity index (χ1v) is 11.7. The first-order valence-electron chi connectivity index (χ1n) is 11.0. The van der Waals surface area contributed by atoms with Crippen LogP contribution >= 0.6 is 23.2 Å². The van der Waals surface area contributed by atoms with Crippen LogP contribution in [0.25, 0.3) is 0 Å². The number of nitro benzene ring substituents is 1. The number of hydrogen-bond acceptors (Lipinski definition) is 9. The van der Waals surface area contributed by atoms with Crippen LogP contribution in [0.1, 0.15) is 31.1 Å². The number of nitro groups is 1. The van der Waals surface area contributed by atoms with Crippen molar-refractivity contribution in [2.45, 2.75) is 12.2 Å². The number of halogens is 2.